The summed E-state index contributed by atoms with van der Waals surface area (Å²) in [5.74, 6) is 0. The van der Waals surface area contributed by atoms with Crippen molar-refractivity contribution in [3.63, 3.8) is 0 Å². The highest BCUT2D eigenvalue weighted by Crippen LogP contribution is 2.24. The van der Waals surface area contributed by atoms with E-state index in [1.54, 1.807) is 12.1 Å². The number of halogens is 1. The fourth-order valence-electron chi connectivity index (χ4n) is 1.69. The Labute approximate surface area is 134 Å². The molecule has 0 heterocycles. The molecule has 22 heavy (non-hydrogen) atoms. The molecule has 2 rings (SSSR count). The van der Waals surface area contributed by atoms with Crippen LogP contribution in [0.3, 0.4) is 0 Å². The Kier molecular flexibility index (Phi) is 4.64. The Hall–Kier alpha value is -1.77. The summed E-state index contributed by atoms with van der Waals surface area (Å²) in [6.07, 6.45) is 1.03. The Morgan fingerprint density at radius 3 is 1.82 bits per heavy atom. The Balaban J connectivity index is 2.22. The maximum Gasteiger partial charge on any atom is 0.263 e. The van der Waals surface area contributed by atoms with Gasteiger partial charge in [0, 0.05) is 11.4 Å². The number of rotatable bonds is 5. The molecule has 9 heteroatoms. The van der Waals surface area contributed by atoms with Crippen molar-refractivity contribution < 1.29 is 16.8 Å². The van der Waals surface area contributed by atoms with Crippen molar-refractivity contribution in [1.29, 1.82) is 0 Å². The number of anilines is 2. The maximum absolute atomic E-state index is 12.2. The highest BCUT2D eigenvalue weighted by molar-refractivity contribution is 7.93. The average Bonchev–Trinajstić information content (AvgIpc) is 2.39. The van der Waals surface area contributed by atoms with Gasteiger partial charge in [-0.25, -0.2) is 16.8 Å². The van der Waals surface area contributed by atoms with Crippen molar-refractivity contribution >= 4 is 43.0 Å². The van der Waals surface area contributed by atoms with Gasteiger partial charge in [0.25, 0.3) is 10.0 Å². The maximum atomic E-state index is 12.2. The highest BCUT2D eigenvalue weighted by Gasteiger charge is 2.17. The van der Waals surface area contributed by atoms with Crippen LogP contribution in [-0.4, -0.2) is 23.1 Å². The van der Waals surface area contributed by atoms with E-state index in [1.165, 1.54) is 36.4 Å². The zero-order valence-corrected chi connectivity index (χ0v) is 13.8. The topological polar surface area (TPSA) is 92.3 Å². The van der Waals surface area contributed by atoms with Crippen molar-refractivity contribution in [3.8, 4) is 0 Å². The van der Waals surface area contributed by atoms with Crippen LogP contribution in [-0.2, 0) is 20.0 Å². The van der Waals surface area contributed by atoms with Crippen LogP contribution in [0.15, 0.2) is 53.4 Å². The molecular formula is C13H13ClN2O4S2. The summed E-state index contributed by atoms with van der Waals surface area (Å²) in [5, 5.41) is 0.116. The molecule has 6 nitrogen and oxygen atoms in total. The van der Waals surface area contributed by atoms with E-state index in [4.69, 9.17) is 11.6 Å². The van der Waals surface area contributed by atoms with E-state index in [2.05, 4.69) is 9.44 Å². The van der Waals surface area contributed by atoms with Crippen LogP contribution in [0.5, 0.6) is 0 Å². The lowest BCUT2D eigenvalue weighted by Gasteiger charge is -2.10. The molecule has 2 aromatic rings. The lowest BCUT2D eigenvalue weighted by molar-refractivity contribution is 0.600. The molecule has 0 radical (unpaired) electrons. The fraction of sp³-hybridized carbons (Fsp3) is 0.0769. The summed E-state index contributed by atoms with van der Waals surface area (Å²) < 4.78 is 51.3. The number of hydrogen-bond acceptors (Lipinski definition) is 4. The van der Waals surface area contributed by atoms with Gasteiger partial charge in [-0.2, -0.15) is 0 Å². The normalized spacial score (nSPS) is 11.9. The predicted octanol–water partition coefficient (Wildman–Crippen LogP) is 2.51. The smallest absolute Gasteiger partial charge is 0.263 e. The van der Waals surface area contributed by atoms with Crippen molar-refractivity contribution in [3.05, 3.63) is 53.6 Å². The number of sulfonamides is 2. The van der Waals surface area contributed by atoms with Crippen molar-refractivity contribution in [1.82, 2.24) is 0 Å². The first-order valence-corrected chi connectivity index (χ1v) is 9.78. The third kappa shape index (κ3) is 4.36. The largest absolute Gasteiger partial charge is 0.284 e. The second-order valence-electron chi connectivity index (χ2n) is 4.49. The van der Waals surface area contributed by atoms with Crippen LogP contribution in [0.25, 0.3) is 0 Å². The van der Waals surface area contributed by atoms with Crippen LogP contribution >= 0.6 is 11.6 Å². The Morgan fingerprint density at radius 2 is 1.32 bits per heavy atom. The molecule has 0 saturated heterocycles. The van der Waals surface area contributed by atoms with Gasteiger partial charge in [0.15, 0.2) is 0 Å². The highest BCUT2D eigenvalue weighted by atomic mass is 35.5. The lowest BCUT2D eigenvalue weighted by Crippen LogP contribution is -2.13. The molecule has 0 saturated carbocycles. The second-order valence-corrected chi connectivity index (χ2v) is 8.29. The van der Waals surface area contributed by atoms with Gasteiger partial charge in [-0.15, -0.1) is 0 Å². The molecule has 0 fully saturated rings. The van der Waals surface area contributed by atoms with Gasteiger partial charge in [-0.1, -0.05) is 23.7 Å². The molecule has 2 aromatic carbocycles. The van der Waals surface area contributed by atoms with Gasteiger partial charge in [-0.3, -0.25) is 9.44 Å². The molecule has 2 N–H and O–H groups in total. The molecule has 0 bridgehead atoms. The second kappa shape index (κ2) is 6.15. The fourth-order valence-corrected chi connectivity index (χ4v) is 3.84. The summed E-state index contributed by atoms with van der Waals surface area (Å²) >= 11 is 5.88. The minimum absolute atomic E-state index is 0.0324. The molecule has 0 aromatic heterocycles. The standard InChI is InChI=1S/C13H13ClN2O4S2/c1-21(17,18)15-10-6-8-11(9-7-10)16-22(19,20)13-5-3-2-4-12(13)14/h2-9,15-16H,1H3. The summed E-state index contributed by atoms with van der Waals surface area (Å²) in [7, 11) is -7.19. The van der Waals surface area contributed by atoms with Gasteiger partial charge >= 0.3 is 0 Å². The van der Waals surface area contributed by atoms with Crippen LogP contribution < -0.4 is 9.44 Å². The molecule has 0 aliphatic heterocycles. The molecule has 0 amide bonds. The van der Waals surface area contributed by atoms with Crippen molar-refractivity contribution in [2.24, 2.45) is 0 Å². The molecular weight excluding hydrogens is 348 g/mol. The molecule has 0 aliphatic carbocycles. The minimum Gasteiger partial charge on any atom is -0.284 e. The van der Waals surface area contributed by atoms with Gasteiger partial charge < -0.3 is 0 Å². The van der Waals surface area contributed by atoms with E-state index in [0.717, 1.165) is 6.26 Å². The summed E-state index contributed by atoms with van der Waals surface area (Å²) in [6, 6.07) is 11.9. The molecule has 0 spiro atoms. The van der Waals surface area contributed by atoms with Crippen molar-refractivity contribution in [2.75, 3.05) is 15.7 Å². The number of nitrogens with one attached hydrogen (secondary N) is 2. The molecule has 118 valence electrons. The summed E-state index contributed by atoms with van der Waals surface area (Å²) in [6.45, 7) is 0. The van der Waals surface area contributed by atoms with Crippen LogP contribution in [0.2, 0.25) is 5.02 Å². The zero-order valence-electron chi connectivity index (χ0n) is 11.4. The molecule has 0 unspecified atom stereocenters. The van der Waals surface area contributed by atoms with E-state index in [9.17, 15) is 16.8 Å². The Bertz CT molecular complexity index is 879. The minimum atomic E-state index is -3.81. The van der Waals surface area contributed by atoms with E-state index in [1.807, 2.05) is 0 Å². The van der Waals surface area contributed by atoms with Gasteiger partial charge in [0.05, 0.1) is 11.3 Å². The van der Waals surface area contributed by atoms with Crippen LogP contribution in [0.1, 0.15) is 0 Å². The number of hydrogen-bond donors (Lipinski definition) is 2. The summed E-state index contributed by atoms with van der Waals surface area (Å²) in [5.41, 5.74) is 0.627. The first-order chi connectivity index (χ1) is 10.2. The van der Waals surface area contributed by atoms with E-state index in [-0.39, 0.29) is 9.92 Å². The third-order valence-electron chi connectivity index (χ3n) is 2.57. The lowest BCUT2D eigenvalue weighted by atomic mass is 10.3. The van der Waals surface area contributed by atoms with Crippen molar-refractivity contribution in [2.45, 2.75) is 4.90 Å². The predicted molar refractivity (Wildman–Crippen MR) is 87.2 cm³/mol. The monoisotopic (exact) mass is 360 g/mol. The van der Waals surface area contributed by atoms with Gasteiger partial charge in [0.2, 0.25) is 10.0 Å². The quantitative estimate of drug-likeness (QED) is 0.856. The van der Waals surface area contributed by atoms with E-state index in [0.29, 0.717) is 11.4 Å². The third-order valence-corrected chi connectivity index (χ3v) is 5.05. The van der Waals surface area contributed by atoms with Crippen LogP contribution in [0.4, 0.5) is 11.4 Å². The van der Waals surface area contributed by atoms with Gasteiger partial charge in [0.1, 0.15) is 4.90 Å². The number of benzene rings is 2. The van der Waals surface area contributed by atoms with Gasteiger partial charge in [-0.05, 0) is 36.4 Å². The van der Waals surface area contributed by atoms with E-state index >= 15 is 0 Å². The SMILES string of the molecule is CS(=O)(=O)Nc1ccc(NS(=O)(=O)c2ccccc2Cl)cc1. The first kappa shape index (κ1) is 16.6. The summed E-state index contributed by atoms with van der Waals surface area (Å²) in [4.78, 5) is -0.0324. The first-order valence-electron chi connectivity index (χ1n) is 6.02. The van der Waals surface area contributed by atoms with Crippen LogP contribution in [0, 0.1) is 0 Å². The molecule has 0 aliphatic rings. The molecule has 0 atom stereocenters. The Morgan fingerprint density at radius 1 is 0.818 bits per heavy atom. The zero-order chi connectivity index (χ0) is 16.4. The average molecular weight is 361 g/mol. The van der Waals surface area contributed by atoms with E-state index < -0.39 is 20.0 Å².